The SMILES string of the molecule is CCOc1ccc(COc2ccc(NC(=O)c3cnn(CCC(=O)O)c3)cc2)cc1OCC. The highest BCUT2D eigenvalue weighted by Gasteiger charge is 2.10. The van der Waals surface area contributed by atoms with Gasteiger partial charge in [-0.2, -0.15) is 5.10 Å². The first-order chi connectivity index (χ1) is 16.0. The summed E-state index contributed by atoms with van der Waals surface area (Å²) in [7, 11) is 0. The van der Waals surface area contributed by atoms with Crippen molar-refractivity contribution < 1.29 is 28.9 Å². The topological polar surface area (TPSA) is 112 Å². The number of amides is 1. The van der Waals surface area contributed by atoms with Gasteiger partial charge in [-0.1, -0.05) is 6.07 Å². The molecule has 0 unspecified atom stereocenters. The number of carbonyl (C=O) groups is 2. The predicted octanol–water partition coefficient (Wildman–Crippen LogP) is 3.99. The van der Waals surface area contributed by atoms with E-state index in [0.717, 1.165) is 5.56 Å². The molecule has 0 bridgehead atoms. The van der Waals surface area contributed by atoms with Crippen molar-refractivity contribution in [3.8, 4) is 17.2 Å². The lowest BCUT2D eigenvalue weighted by atomic mass is 10.2. The number of hydrogen-bond acceptors (Lipinski definition) is 6. The minimum atomic E-state index is -0.920. The Labute approximate surface area is 191 Å². The van der Waals surface area contributed by atoms with E-state index in [1.54, 1.807) is 24.3 Å². The summed E-state index contributed by atoms with van der Waals surface area (Å²) in [4.78, 5) is 23.0. The molecule has 0 saturated carbocycles. The van der Waals surface area contributed by atoms with Crippen LogP contribution in [-0.4, -0.2) is 40.0 Å². The molecule has 0 saturated heterocycles. The lowest BCUT2D eigenvalue weighted by Gasteiger charge is -2.13. The lowest BCUT2D eigenvalue weighted by Crippen LogP contribution is -2.11. The van der Waals surface area contributed by atoms with Gasteiger partial charge in [0.25, 0.3) is 5.91 Å². The quantitative estimate of drug-likeness (QED) is 0.426. The first-order valence-corrected chi connectivity index (χ1v) is 10.7. The van der Waals surface area contributed by atoms with Crippen LogP contribution in [0.5, 0.6) is 17.2 Å². The second-order valence-electron chi connectivity index (χ2n) is 7.05. The number of ether oxygens (including phenoxy) is 3. The Bertz CT molecular complexity index is 1080. The molecule has 33 heavy (non-hydrogen) atoms. The van der Waals surface area contributed by atoms with Crippen LogP contribution in [0.2, 0.25) is 0 Å². The molecular weight excluding hydrogens is 426 g/mol. The molecule has 0 fully saturated rings. The minimum absolute atomic E-state index is 0.0617. The molecule has 1 amide bonds. The summed E-state index contributed by atoms with van der Waals surface area (Å²) in [5.41, 5.74) is 1.89. The van der Waals surface area contributed by atoms with Crippen LogP contribution < -0.4 is 19.5 Å². The Morgan fingerprint density at radius 1 is 1.00 bits per heavy atom. The number of carbonyl (C=O) groups excluding carboxylic acids is 1. The van der Waals surface area contributed by atoms with Crippen LogP contribution in [0, 0.1) is 0 Å². The maximum atomic E-state index is 12.4. The largest absolute Gasteiger partial charge is 0.490 e. The molecule has 9 nitrogen and oxygen atoms in total. The van der Waals surface area contributed by atoms with Gasteiger partial charge < -0.3 is 24.6 Å². The molecule has 1 aromatic heterocycles. The van der Waals surface area contributed by atoms with Crippen molar-refractivity contribution in [2.45, 2.75) is 33.4 Å². The van der Waals surface area contributed by atoms with Crippen LogP contribution in [0.3, 0.4) is 0 Å². The molecule has 0 radical (unpaired) electrons. The molecule has 3 aromatic rings. The van der Waals surface area contributed by atoms with Crippen LogP contribution in [0.1, 0.15) is 36.2 Å². The summed E-state index contributed by atoms with van der Waals surface area (Å²) in [5.74, 6) is 0.793. The fourth-order valence-corrected chi connectivity index (χ4v) is 3.00. The van der Waals surface area contributed by atoms with Gasteiger partial charge in [0, 0.05) is 11.9 Å². The van der Waals surface area contributed by atoms with E-state index in [2.05, 4.69) is 10.4 Å². The number of benzene rings is 2. The smallest absolute Gasteiger partial charge is 0.305 e. The third-order valence-electron chi connectivity index (χ3n) is 4.58. The molecule has 9 heteroatoms. The van der Waals surface area contributed by atoms with Gasteiger partial charge in [-0.3, -0.25) is 14.3 Å². The number of aromatic nitrogens is 2. The van der Waals surface area contributed by atoms with Gasteiger partial charge in [0.15, 0.2) is 11.5 Å². The van der Waals surface area contributed by atoms with Gasteiger partial charge in [-0.05, 0) is 55.8 Å². The molecule has 2 N–H and O–H groups in total. The first-order valence-electron chi connectivity index (χ1n) is 10.7. The fraction of sp³-hybridized carbons (Fsp3) is 0.292. The van der Waals surface area contributed by atoms with Crippen LogP contribution in [0.4, 0.5) is 5.69 Å². The number of nitrogens with one attached hydrogen (secondary N) is 1. The van der Waals surface area contributed by atoms with Crippen LogP contribution in [0.25, 0.3) is 0 Å². The van der Waals surface area contributed by atoms with E-state index in [1.165, 1.54) is 17.1 Å². The van der Waals surface area contributed by atoms with E-state index in [0.29, 0.717) is 48.3 Å². The van der Waals surface area contributed by atoms with E-state index >= 15 is 0 Å². The molecule has 3 rings (SSSR count). The molecule has 0 spiro atoms. The van der Waals surface area contributed by atoms with E-state index < -0.39 is 5.97 Å². The van der Waals surface area contributed by atoms with Gasteiger partial charge >= 0.3 is 5.97 Å². The number of hydrogen-bond donors (Lipinski definition) is 2. The van der Waals surface area contributed by atoms with Gasteiger partial charge in [-0.25, -0.2) is 0 Å². The zero-order chi connectivity index (χ0) is 23.6. The minimum Gasteiger partial charge on any atom is -0.490 e. The van der Waals surface area contributed by atoms with E-state index in [-0.39, 0.29) is 18.9 Å². The van der Waals surface area contributed by atoms with Gasteiger partial charge in [0.1, 0.15) is 12.4 Å². The summed E-state index contributed by atoms with van der Waals surface area (Å²) < 4.78 is 18.5. The molecule has 0 atom stereocenters. The molecule has 174 valence electrons. The summed E-state index contributed by atoms with van der Waals surface area (Å²) in [5, 5.41) is 15.5. The predicted molar refractivity (Wildman–Crippen MR) is 122 cm³/mol. The maximum absolute atomic E-state index is 12.4. The van der Waals surface area contributed by atoms with Crippen molar-refractivity contribution >= 4 is 17.6 Å². The zero-order valence-corrected chi connectivity index (χ0v) is 18.6. The number of aryl methyl sites for hydroxylation is 1. The van der Waals surface area contributed by atoms with Crippen molar-refractivity contribution in [2.24, 2.45) is 0 Å². The zero-order valence-electron chi connectivity index (χ0n) is 18.6. The maximum Gasteiger partial charge on any atom is 0.305 e. The van der Waals surface area contributed by atoms with Crippen LogP contribution >= 0.6 is 0 Å². The molecular formula is C24H27N3O6. The number of carboxylic acid groups (broad SMARTS) is 1. The highest BCUT2D eigenvalue weighted by atomic mass is 16.5. The second-order valence-corrected chi connectivity index (χ2v) is 7.05. The van der Waals surface area contributed by atoms with E-state index in [4.69, 9.17) is 19.3 Å². The molecule has 0 aliphatic carbocycles. The molecule has 0 aliphatic rings. The van der Waals surface area contributed by atoms with Gasteiger partial charge in [0.2, 0.25) is 0 Å². The Kier molecular flexibility index (Phi) is 8.29. The average Bonchev–Trinajstić information content (AvgIpc) is 3.28. The third kappa shape index (κ3) is 6.99. The Morgan fingerprint density at radius 2 is 1.73 bits per heavy atom. The molecule has 1 heterocycles. The lowest BCUT2D eigenvalue weighted by molar-refractivity contribution is -0.137. The van der Waals surface area contributed by atoms with E-state index in [1.807, 2.05) is 32.0 Å². The third-order valence-corrected chi connectivity index (χ3v) is 4.58. The Balaban J connectivity index is 1.54. The molecule has 2 aromatic carbocycles. The number of rotatable bonds is 12. The van der Waals surface area contributed by atoms with Gasteiger partial charge in [-0.15, -0.1) is 0 Å². The normalized spacial score (nSPS) is 10.5. The Morgan fingerprint density at radius 3 is 2.42 bits per heavy atom. The average molecular weight is 453 g/mol. The highest BCUT2D eigenvalue weighted by molar-refractivity contribution is 6.03. The standard InChI is InChI=1S/C24H27N3O6/c1-3-31-21-10-5-17(13-22(21)32-4-2)16-33-20-8-6-19(7-9-20)26-24(30)18-14-25-27(15-18)12-11-23(28)29/h5-10,13-15H,3-4,11-12,16H2,1-2H3,(H,26,30)(H,28,29). The summed E-state index contributed by atoms with van der Waals surface area (Å²) in [6.07, 6.45) is 2.86. The summed E-state index contributed by atoms with van der Waals surface area (Å²) >= 11 is 0. The van der Waals surface area contributed by atoms with Crippen molar-refractivity contribution in [1.82, 2.24) is 9.78 Å². The first kappa shape index (κ1) is 23.6. The highest BCUT2D eigenvalue weighted by Crippen LogP contribution is 2.29. The van der Waals surface area contributed by atoms with Gasteiger partial charge in [0.05, 0.1) is 37.9 Å². The van der Waals surface area contributed by atoms with Crippen molar-refractivity contribution in [3.05, 3.63) is 66.0 Å². The van der Waals surface area contributed by atoms with Crippen molar-refractivity contribution in [3.63, 3.8) is 0 Å². The summed E-state index contributed by atoms with van der Waals surface area (Å²) in [6, 6.07) is 12.7. The number of carboxylic acids is 1. The number of nitrogens with zero attached hydrogens (tertiary/aromatic N) is 2. The number of anilines is 1. The van der Waals surface area contributed by atoms with Crippen LogP contribution in [-0.2, 0) is 17.9 Å². The molecule has 0 aliphatic heterocycles. The monoisotopic (exact) mass is 453 g/mol. The van der Waals surface area contributed by atoms with E-state index in [9.17, 15) is 9.59 Å². The fourth-order valence-electron chi connectivity index (χ4n) is 3.00. The Hall–Kier alpha value is -4.01. The second kappa shape index (κ2) is 11.6. The van der Waals surface area contributed by atoms with Crippen LogP contribution in [0.15, 0.2) is 54.9 Å². The number of aliphatic carboxylic acids is 1. The summed E-state index contributed by atoms with van der Waals surface area (Å²) in [6.45, 7) is 5.51. The van der Waals surface area contributed by atoms with Crippen molar-refractivity contribution in [1.29, 1.82) is 0 Å². The van der Waals surface area contributed by atoms with Crippen molar-refractivity contribution in [2.75, 3.05) is 18.5 Å².